The van der Waals surface area contributed by atoms with Gasteiger partial charge in [-0.15, -0.1) is 0 Å². The monoisotopic (exact) mass is 364 g/mol. The van der Waals surface area contributed by atoms with Crippen molar-refractivity contribution in [3.8, 4) is 0 Å². The van der Waals surface area contributed by atoms with Crippen molar-refractivity contribution in [2.75, 3.05) is 84.9 Å². The van der Waals surface area contributed by atoms with Crippen molar-refractivity contribution < 1.29 is 28.5 Å². The van der Waals surface area contributed by atoms with Crippen molar-refractivity contribution in [2.45, 2.75) is 0 Å². The van der Waals surface area contributed by atoms with Gasteiger partial charge in [0.1, 0.15) is 0 Å². The van der Waals surface area contributed by atoms with E-state index in [1.165, 1.54) is 0 Å². The molecule has 0 unspecified atom stereocenters. The maximum Gasteiger partial charge on any atom is 0.229 e. The second-order valence-electron chi connectivity index (χ2n) is 4.52. The van der Waals surface area contributed by atoms with Gasteiger partial charge in [-0.1, -0.05) is 0 Å². The Balaban J connectivity index is 2.99. The smallest absolute Gasteiger partial charge is 0.229 e. The Morgan fingerprint density at radius 2 is 1.08 bits per heavy atom. The van der Waals surface area contributed by atoms with E-state index >= 15 is 0 Å². The van der Waals surface area contributed by atoms with Gasteiger partial charge >= 0.3 is 0 Å². The molecule has 0 heterocycles. The van der Waals surface area contributed by atoms with Crippen LogP contribution in [0.1, 0.15) is 0 Å². The first-order valence-electron chi connectivity index (χ1n) is 8.01. The molecule has 1 amide bonds. The topological polar surface area (TPSA) is 87.3 Å². The van der Waals surface area contributed by atoms with Crippen molar-refractivity contribution >= 4 is 26.5 Å². The van der Waals surface area contributed by atoms with Gasteiger partial charge in [0.25, 0.3) is 0 Å². The van der Waals surface area contributed by atoms with Crippen LogP contribution in [0.3, 0.4) is 0 Å². The highest BCUT2D eigenvalue weighted by atomic mass is 32.1. The Morgan fingerprint density at radius 1 is 0.708 bits per heavy atom. The largest absolute Gasteiger partial charge is 0.378 e. The van der Waals surface area contributed by atoms with E-state index in [2.05, 4.69) is 23.2 Å². The van der Waals surface area contributed by atoms with E-state index in [0.717, 1.165) is 0 Å². The molecule has 10 heteroatoms. The minimum Gasteiger partial charge on any atom is -0.378 e. The fourth-order valence-electron chi connectivity index (χ4n) is 1.43. The molecule has 0 atom stereocenters. The lowest BCUT2D eigenvalue weighted by molar-refractivity contribution is -0.118. The standard InChI is InChI=1S/C14H29BN2O6S/c15-17-2-4-20-6-8-22-10-12-23-11-9-21-7-5-19-3-1-16-14(18)13-24/h17,24H,1-13H2,(H,16,18). The van der Waals surface area contributed by atoms with E-state index in [4.69, 9.17) is 31.7 Å². The molecule has 0 saturated heterocycles. The van der Waals surface area contributed by atoms with Crippen LogP contribution in [0.4, 0.5) is 0 Å². The molecule has 0 aliphatic heterocycles. The van der Waals surface area contributed by atoms with Gasteiger partial charge in [-0.2, -0.15) is 12.6 Å². The zero-order valence-corrected chi connectivity index (χ0v) is 15.1. The average molecular weight is 364 g/mol. The summed E-state index contributed by atoms with van der Waals surface area (Å²) < 4.78 is 26.5. The first kappa shape index (κ1) is 23.6. The van der Waals surface area contributed by atoms with E-state index in [1.807, 2.05) is 0 Å². The van der Waals surface area contributed by atoms with E-state index in [1.54, 1.807) is 0 Å². The van der Waals surface area contributed by atoms with Gasteiger partial charge in [0, 0.05) is 13.1 Å². The van der Waals surface area contributed by atoms with E-state index < -0.39 is 0 Å². The third-order valence-electron chi connectivity index (χ3n) is 2.59. The summed E-state index contributed by atoms with van der Waals surface area (Å²) in [4.78, 5) is 10.9. The molecule has 24 heavy (non-hydrogen) atoms. The summed E-state index contributed by atoms with van der Waals surface area (Å²) in [5, 5.41) is 5.16. The molecule has 0 aromatic heterocycles. The lowest BCUT2D eigenvalue weighted by Crippen LogP contribution is -2.28. The van der Waals surface area contributed by atoms with E-state index in [9.17, 15) is 4.79 Å². The molecule has 140 valence electrons. The van der Waals surface area contributed by atoms with Gasteiger partial charge in [-0.05, 0) is 0 Å². The number of hydrogen-bond acceptors (Lipinski definition) is 8. The Morgan fingerprint density at radius 3 is 1.46 bits per heavy atom. The van der Waals surface area contributed by atoms with Gasteiger partial charge in [0.2, 0.25) is 5.91 Å². The SMILES string of the molecule is [B]NCCOCCOCCOCCOCCOCCNC(=O)CS. The van der Waals surface area contributed by atoms with Crippen LogP contribution in [0.2, 0.25) is 0 Å². The molecule has 0 aliphatic rings. The number of thiol groups is 1. The van der Waals surface area contributed by atoms with Crippen LogP contribution in [0.25, 0.3) is 0 Å². The molecule has 0 fully saturated rings. The van der Waals surface area contributed by atoms with Crippen molar-refractivity contribution in [2.24, 2.45) is 0 Å². The number of carbonyl (C=O) groups excluding carboxylic acids is 1. The summed E-state index contributed by atoms with van der Waals surface area (Å²) in [7, 11) is 5.10. The van der Waals surface area contributed by atoms with Crippen LogP contribution in [0, 0.1) is 0 Å². The van der Waals surface area contributed by atoms with E-state index in [0.29, 0.717) is 79.2 Å². The van der Waals surface area contributed by atoms with Crippen LogP contribution in [0.15, 0.2) is 0 Å². The molecule has 0 aromatic rings. The van der Waals surface area contributed by atoms with Gasteiger partial charge < -0.3 is 34.2 Å². The summed E-state index contributed by atoms with van der Waals surface area (Å²) >= 11 is 3.85. The third kappa shape index (κ3) is 19.7. The normalized spacial score (nSPS) is 10.9. The molecule has 0 spiro atoms. The van der Waals surface area contributed by atoms with Crippen molar-refractivity contribution in [3.05, 3.63) is 0 Å². The molecular formula is C14H29BN2O6S. The number of amides is 1. The molecular weight excluding hydrogens is 335 g/mol. The number of nitrogens with one attached hydrogen (secondary N) is 2. The highest BCUT2D eigenvalue weighted by Crippen LogP contribution is 1.84. The lowest BCUT2D eigenvalue weighted by atomic mass is 10.4. The molecule has 0 bridgehead atoms. The van der Waals surface area contributed by atoms with E-state index in [-0.39, 0.29) is 11.7 Å². The fourth-order valence-corrected chi connectivity index (χ4v) is 1.54. The molecule has 2 N–H and O–H groups in total. The Labute approximate surface area is 151 Å². The Kier molecular flexibility index (Phi) is 20.4. The zero-order chi connectivity index (χ0) is 17.7. The summed E-state index contributed by atoms with van der Waals surface area (Å²) in [6.45, 7) is 6.28. The van der Waals surface area contributed by atoms with Gasteiger partial charge in [-0.3, -0.25) is 4.79 Å². The molecule has 0 aromatic carbocycles. The summed E-state index contributed by atoms with van der Waals surface area (Å²) in [5.41, 5.74) is 0. The fraction of sp³-hybridized carbons (Fsp3) is 0.929. The third-order valence-corrected chi connectivity index (χ3v) is 2.88. The van der Waals surface area contributed by atoms with Gasteiger partial charge in [0.15, 0.2) is 7.98 Å². The van der Waals surface area contributed by atoms with Crippen LogP contribution >= 0.6 is 12.6 Å². The first-order chi connectivity index (χ1) is 11.8. The number of hydrogen-bond donors (Lipinski definition) is 3. The lowest BCUT2D eigenvalue weighted by Gasteiger charge is -2.08. The highest BCUT2D eigenvalue weighted by Gasteiger charge is 1.96. The first-order valence-corrected chi connectivity index (χ1v) is 8.64. The minimum atomic E-state index is -0.101. The molecule has 0 aliphatic carbocycles. The quantitative estimate of drug-likeness (QED) is 0.151. The maximum absolute atomic E-state index is 10.9. The van der Waals surface area contributed by atoms with Crippen molar-refractivity contribution in [1.29, 1.82) is 0 Å². The maximum atomic E-state index is 10.9. The molecule has 0 saturated carbocycles. The minimum absolute atomic E-state index is 0.101. The number of rotatable bonds is 19. The van der Waals surface area contributed by atoms with Crippen LogP contribution < -0.4 is 10.5 Å². The second kappa shape index (κ2) is 20.7. The molecule has 0 rings (SSSR count). The van der Waals surface area contributed by atoms with Crippen LogP contribution in [-0.2, 0) is 28.5 Å². The molecule has 2 radical (unpaired) electrons. The van der Waals surface area contributed by atoms with Gasteiger partial charge in [-0.25, -0.2) is 0 Å². The van der Waals surface area contributed by atoms with Crippen LogP contribution in [-0.4, -0.2) is 98.8 Å². The Hall–Kier alpha value is -0.355. The average Bonchev–Trinajstić information content (AvgIpc) is 2.60. The highest BCUT2D eigenvalue weighted by molar-refractivity contribution is 7.81. The number of ether oxygens (including phenoxy) is 5. The number of carbonyl (C=O) groups is 1. The predicted octanol–water partition coefficient (Wildman–Crippen LogP) is -1.21. The second-order valence-corrected chi connectivity index (χ2v) is 4.84. The van der Waals surface area contributed by atoms with Crippen molar-refractivity contribution in [1.82, 2.24) is 10.5 Å². The summed E-state index contributed by atoms with van der Waals surface area (Å²) in [6, 6.07) is 0. The Bertz CT molecular complexity index is 280. The zero-order valence-electron chi connectivity index (χ0n) is 14.2. The predicted molar refractivity (Wildman–Crippen MR) is 94.7 cm³/mol. The summed E-state index contributed by atoms with van der Waals surface area (Å²) in [6.07, 6.45) is 0. The van der Waals surface area contributed by atoms with Crippen molar-refractivity contribution in [3.63, 3.8) is 0 Å². The van der Waals surface area contributed by atoms with Crippen LogP contribution in [0.5, 0.6) is 0 Å². The van der Waals surface area contributed by atoms with Gasteiger partial charge in [0.05, 0.1) is 71.8 Å². The molecule has 8 nitrogen and oxygen atoms in total. The summed E-state index contributed by atoms with van der Waals surface area (Å²) in [5.74, 6) is 0.0878.